The summed E-state index contributed by atoms with van der Waals surface area (Å²) in [4.78, 5) is 26.6. The van der Waals surface area contributed by atoms with Crippen LogP contribution in [0.15, 0.2) is 24.5 Å². The molecular formula is C26H33F2N5O2. The number of aromatic nitrogens is 2. The number of carbonyl (C=O) groups excluding carboxylic acids is 1. The molecule has 1 amide bonds. The van der Waals surface area contributed by atoms with Gasteiger partial charge in [-0.05, 0) is 56.7 Å². The summed E-state index contributed by atoms with van der Waals surface area (Å²) in [5.41, 5.74) is 2.09. The average Bonchev–Trinajstić information content (AvgIpc) is 3.34. The molecule has 2 aliphatic heterocycles. The van der Waals surface area contributed by atoms with E-state index in [-0.39, 0.29) is 23.4 Å². The van der Waals surface area contributed by atoms with E-state index in [1.807, 2.05) is 4.90 Å². The summed E-state index contributed by atoms with van der Waals surface area (Å²) in [6.45, 7) is 8.48. The Balaban J connectivity index is 1.35. The zero-order valence-corrected chi connectivity index (χ0v) is 20.5. The van der Waals surface area contributed by atoms with Crippen molar-refractivity contribution in [3.05, 3.63) is 53.0 Å². The van der Waals surface area contributed by atoms with Gasteiger partial charge in [0.25, 0.3) is 0 Å². The van der Waals surface area contributed by atoms with E-state index in [9.17, 15) is 18.7 Å². The van der Waals surface area contributed by atoms with Crippen LogP contribution >= 0.6 is 0 Å². The molecule has 4 atom stereocenters. The van der Waals surface area contributed by atoms with Crippen molar-refractivity contribution in [1.82, 2.24) is 20.2 Å². The molecule has 2 N–H and O–H groups in total. The number of halogens is 2. The highest BCUT2D eigenvalue weighted by atomic mass is 19.2. The van der Waals surface area contributed by atoms with Gasteiger partial charge in [-0.3, -0.25) is 4.79 Å². The smallest absolute Gasteiger partial charge is 0.231 e. The molecule has 9 heteroatoms. The van der Waals surface area contributed by atoms with Crippen LogP contribution in [0.5, 0.6) is 0 Å². The maximum atomic E-state index is 14.1. The van der Waals surface area contributed by atoms with Crippen molar-refractivity contribution in [1.29, 1.82) is 0 Å². The molecule has 5 rings (SSSR count). The van der Waals surface area contributed by atoms with Crippen LogP contribution in [-0.4, -0.2) is 63.6 Å². The lowest BCUT2D eigenvalue weighted by molar-refractivity contribution is -0.133. The van der Waals surface area contributed by atoms with Gasteiger partial charge in [0.2, 0.25) is 5.91 Å². The molecule has 2 aromatic rings. The van der Waals surface area contributed by atoms with Crippen LogP contribution in [0.4, 0.5) is 14.6 Å². The predicted octanol–water partition coefficient (Wildman–Crippen LogP) is 3.26. The summed E-state index contributed by atoms with van der Waals surface area (Å²) in [7, 11) is 0. The topological polar surface area (TPSA) is 81.6 Å². The van der Waals surface area contributed by atoms with Gasteiger partial charge in [0, 0.05) is 43.3 Å². The van der Waals surface area contributed by atoms with E-state index < -0.39 is 23.7 Å². The van der Waals surface area contributed by atoms with Gasteiger partial charge >= 0.3 is 0 Å². The minimum atomic E-state index is -0.934. The van der Waals surface area contributed by atoms with Crippen molar-refractivity contribution in [2.45, 2.75) is 69.6 Å². The normalized spacial score (nSPS) is 26.6. The van der Waals surface area contributed by atoms with Crippen molar-refractivity contribution >= 4 is 11.7 Å². The Morgan fingerprint density at radius 3 is 2.57 bits per heavy atom. The van der Waals surface area contributed by atoms with E-state index in [0.717, 1.165) is 36.4 Å². The minimum absolute atomic E-state index is 0.0671. The fraction of sp³-hybridized carbons (Fsp3) is 0.577. The molecular weight excluding hydrogens is 452 g/mol. The second-order valence-corrected chi connectivity index (χ2v) is 10.8. The second-order valence-electron chi connectivity index (χ2n) is 10.8. The summed E-state index contributed by atoms with van der Waals surface area (Å²) in [5, 5.41) is 13.9. The number of fused-ring (bicyclic) bond motifs is 1. The molecule has 3 aliphatic rings. The van der Waals surface area contributed by atoms with Crippen molar-refractivity contribution in [2.75, 3.05) is 31.1 Å². The van der Waals surface area contributed by atoms with E-state index in [0.29, 0.717) is 43.9 Å². The van der Waals surface area contributed by atoms with Crippen molar-refractivity contribution < 1.29 is 18.7 Å². The quantitative estimate of drug-likeness (QED) is 0.692. The third kappa shape index (κ3) is 4.51. The molecule has 0 saturated carbocycles. The van der Waals surface area contributed by atoms with E-state index in [1.54, 1.807) is 0 Å². The van der Waals surface area contributed by atoms with Crippen LogP contribution in [0.1, 0.15) is 74.8 Å². The van der Waals surface area contributed by atoms with Crippen molar-refractivity contribution in [3.8, 4) is 0 Å². The van der Waals surface area contributed by atoms with Crippen molar-refractivity contribution in [2.24, 2.45) is 0 Å². The summed E-state index contributed by atoms with van der Waals surface area (Å²) in [6, 6.07) is 3.65. The summed E-state index contributed by atoms with van der Waals surface area (Å²) in [6.07, 6.45) is 3.27. The molecule has 1 aliphatic carbocycles. The predicted molar refractivity (Wildman–Crippen MR) is 128 cm³/mol. The Morgan fingerprint density at radius 1 is 1.17 bits per heavy atom. The molecule has 2 saturated heterocycles. The lowest BCUT2D eigenvalue weighted by Gasteiger charge is -2.39. The van der Waals surface area contributed by atoms with Gasteiger partial charge in [-0.15, -0.1) is 0 Å². The van der Waals surface area contributed by atoms with Crippen LogP contribution in [0.2, 0.25) is 0 Å². The molecule has 188 valence electrons. The monoisotopic (exact) mass is 485 g/mol. The number of hydrogen-bond acceptors (Lipinski definition) is 6. The number of rotatable bonds is 4. The van der Waals surface area contributed by atoms with Gasteiger partial charge in [-0.25, -0.2) is 18.7 Å². The zero-order valence-electron chi connectivity index (χ0n) is 20.5. The number of nitrogens with one attached hydrogen (secondary N) is 1. The first kappa shape index (κ1) is 24.1. The number of benzene rings is 1. The third-order valence-corrected chi connectivity index (χ3v) is 7.80. The Kier molecular flexibility index (Phi) is 6.25. The molecule has 3 heterocycles. The molecule has 1 aromatic carbocycles. The van der Waals surface area contributed by atoms with E-state index >= 15 is 0 Å². The first-order valence-electron chi connectivity index (χ1n) is 12.4. The summed E-state index contributed by atoms with van der Waals surface area (Å²) < 4.78 is 27.8. The van der Waals surface area contributed by atoms with Crippen LogP contribution in [-0.2, 0) is 4.79 Å². The molecule has 7 nitrogen and oxygen atoms in total. The van der Waals surface area contributed by atoms with Gasteiger partial charge in [-0.2, -0.15) is 0 Å². The number of amides is 1. The molecule has 35 heavy (non-hydrogen) atoms. The Labute approximate surface area is 204 Å². The first-order chi connectivity index (χ1) is 16.6. The minimum Gasteiger partial charge on any atom is -0.387 e. The highest BCUT2D eigenvalue weighted by Crippen LogP contribution is 2.43. The fourth-order valence-corrected chi connectivity index (χ4v) is 5.95. The summed E-state index contributed by atoms with van der Waals surface area (Å²) >= 11 is 0. The fourth-order valence-electron chi connectivity index (χ4n) is 5.95. The number of piperazine rings is 1. The van der Waals surface area contributed by atoms with Crippen LogP contribution in [0.3, 0.4) is 0 Å². The number of aliphatic hydroxyl groups is 1. The molecule has 0 spiro atoms. The molecule has 1 aromatic heterocycles. The van der Waals surface area contributed by atoms with Gasteiger partial charge in [0.05, 0.1) is 17.7 Å². The van der Waals surface area contributed by atoms with Crippen LogP contribution in [0, 0.1) is 11.6 Å². The maximum absolute atomic E-state index is 14.1. The summed E-state index contributed by atoms with van der Waals surface area (Å²) in [5.74, 6) is -1.49. The number of hydrogen-bond donors (Lipinski definition) is 2. The standard InChI is InChI=1S/C26H33F2N5O2/c1-15-12-20(34)23-21(15)24(30-14-29-23)32-8-10-33(11-9-32)25(35)22(19-6-7-26(2,3)31-19)16-4-5-17(27)18(28)13-16/h4-5,13-15,19-20,22,31,34H,6-12H2,1-3H3/t15-,19+,20-,22+/m1/s1. The van der Waals surface area contributed by atoms with E-state index in [1.165, 1.54) is 12.4 Å². The van der Waals surface area contributed by atoms with Crippen molar-refractivity contribution in [3.63, 3.8) is 0 Å². The molecule has 0 radical (unpaired) electrons. The third-order valence-electron chi connectivity index (χ3n) is 7.80. The van der Waals surface area contributed by atoms with Gasteiger partial charge in [0.1, 0.15) is 12.1 Å². The zero-order chi connectivity index (χ0) is 24.9. The van der Waals surface area contributed by atoms with E-state index in [2.05, 4.69) is 41.0 Å². The molecule has 2 fully saturated rings. The van der Waals surface area contributed by atoms with Gasteiger partial charge < -0.3 is 20.2 Å². The van der Waals surface area contributed by atoms with Crippen LogP contribution < -0.4 is 10.2 Å². The molecule has 0 unspecified atom stereocenters. The second kappa shape index (κ2) is 9.09. The van der Waals surface area contributed by atoms with Crippen LogP contribution in [0.25, 0.3) is 0 Å². The first-order valence-corrected chi connectivity index (χ1v) is 12.4. The average molecular weight is 486 g/mol. The number of nitrogens with zero attached hydrogens (tertiary/aromatic N) is 4. The Hall–Kier alpha value is -2.65. The SMILES string of the molecule is C[C@@H]1C[C@@H](O)c2ncnc(N3CCN(C(=O)[C@@H](c4ccc(F)c(F)c4)[C@@H]4CCC(C)(C)N4)CC3)c21. The maximum Gasteiger partial charge on any atom is 0.231 e. The molecule has 0 bridgehead atoms. The van der Waals surface area contributed by atoms with Gasteiger partial charge in [0.15, 0.2) is 11.6 Å². The number of carbonyl (C=O) groups is 1. The highest BCUT2D eigenvalue weighted by molar-refractivity contribution is 5.85. The Bertz CT molecular complexity index is 1120. The lowest BCUT2D eigenvalue weighted by Crippen LogP contribution is -2.53. The number of aliphatic hydroxyl groups excluding tert-OH is 1. The van der Waals surface area contributed by atoms with E-state index in [4.69, 9.17) is 0 Å². The Morgan fingerprint density at radius 2 is 1.91 bits per heavy atom. The highest BCUT2D eigenvalue weighted by Gasteiger charge is 2.41. The number of anilines is 1. The largest absolute Gasteiger partial charge is 0.387 e. The van der Waals surface area contributed by atoms with Gasteiger partial charge in [-0.1, -0.05) is 13.0 Å². The lowest BCUT2D eigenvalue weighted by atomic mass is 9.88.